The van der Waals surface area contributed by atoms with Gasteiger partial charge >= 0.3 is 0 Å². The molecule has 0 atom stereocenters. The fourth-order valence-electron chi connectivity index (χ4n) is 2.27. The van der Waals surface area contributed by atoms with Crippen molar-refractivity contribution in [3.63, 3.8) is 0 Å². The van der Waals surface area contributed by atoms with E-state index in [2.05, 4.69) is 20.2 Å². The lowest BCUT2D eigenvalue weighted by atomic mass is 10.2. The zero-order chi connectivity index (χ0) is 14.7. The molecule has 5 nitrogen and oxygen atoms in total. The van der Waals surface area contributed by atoms with E-state index in [-0.39, 0.29) is 0 Å². The summed E-state index contributed by atoms with van der Waals surface area (Å²) in [6.45, 7) is 5.19. The van der Waals surface area contributed by atoms with E-state index in [4.69, 9.17) is 16.3 Å². The summed E-state index contributed by atoms with van der Waals surface area (Å²) in [5.41, 5.74) is 2.02. The van der Waals surface area contributed by atoms with Crippen LogP contribution in [0.15, 0.2) is 30.5 Å². The highest BCUT2D eigenvalue weighted by molar-refractivity contribution is 6.30. The maximum atomic E-state index is 5.97. The minimum atomic E-state index is 0.587. The molecule has 0 radical (unpaired) electrons. The van der Waals surface area contributed by atoms with Gasteiger partial charge in [-0.3, -0.25) is 0 Å². The summed E-state index contributed by atoms with van der Waals surface area (Å²) in [5, 5.41) is 3.96. The molecule has 1 aromatic heterocycles. The normalized spacial score (nSPS) is 15.0. The third kappa shape index (κ3) is 3.43. The smallest absolute Gasteiger partial charge is 0.229 e. The monoisotopic (exact) mass is 304 g/mol. The fraction of sp³-hybridized carbons (Fsp3) is 0.333. The molecular formula is C15H17ClN4O. The van der Waals surface area contributed by atoms with E-state index in [1.54, 1.807) is 6.20 Å². The molecule has 1 fully saturated rings. The van der Waals surface area contributed by atoms with Gasteiger partial charge in [-0.05, 0) is 36.8 Å². The van der Waals surface area contributed by atoms with Crippen molar-refractivity contribution in [2.45, 2.75) is 6.92 Å². The first-order valence-electron chi connectivity index (χ1n) is 6.91. The molecule has 0 unspecified atom stereocenters. The predicted molar refractivity (Wildman–Crippen MR) is 84.5 cm³/mol. The van der Waals surface area contributed by atoms with Gasteiger partial charge in [-0.25, -0.2) is 4.98 Å². The summed E-state index contributed by atoms with van der Waals surface area (Å²) in [6, 6.07) is 7.62. The molecule has 6 heteroatoms. The second-order valence-electron chi connectivity index (χ2n) is 4.92. The van der Waals surface area contributed by atoms with Crippen LogP contribution in [0.3, 0.4) is 0 Å². The highest BCUT2D eigenvalue weighted by Crippen LogP contribution is 2.23. The van der Waals surface area contributed by atoms with Gasteiger partial charge in [0.15, 0.2) is 0 Å². The van der Waals surface area contributed by atoms with Crippen LogP contribution in [0.1, 0.15) is 5.56 Å². The third-order valence-corrected chi connectivity index (χ3v) is 3.65. The Morgan fingerprint density at radius 1 is 1.24 bits per heavy atom. The van der Waals surface area contributed by atoms with Crippen molar-refractivity contribution in [1.82, 2.24) is 9.97 Å². The molecular weight excluding hydrogens is 288 g/mol. The average molecular weight is 305 g/mol. The van der Waals surface area contributed by atoms with Crippen molar-refractivity contribution < 1.29 is 4.74 Å². The molecule has 1 aromatic carbocycles. The van der Waals surface area contributed by atoms with E-state index in [9.17, 15) is 0 Å². The Kier molecular flexibility index (Phi) is 4.22. The summed E-state index contributed by atoms with van der Waals surface area (Å²) in [7, 11) is 0. The Morgan fingerprint density at radius 2 is 2.05 bits per heavy atom. The second kappa shape index (κ2) is 6.28. The maximum Gasteiger partial charge on any atom is 0.229 e. The van der Waals surface area contributed by atoms with Gasteiger partial charge in [0.25, 0.3) is 0 Å². The van der Waals surface area contributed by atoms with E-state index in [1.807, 2.05) is 31.2 Å². The Labute approximate surface area is 128 Å². The first kappa shape index (κ1) is 14.1. The molecule has 0 saturated carbocycles. The molecule has 110 valence electrons. The first-order valence-corrected chi connectivity index (χ1v) is 7.29. The molecule has 0 bridgehead atoms. The second-order valence-corrected chi connectivity index (χ2v) is 5.36. The standard InChI is InChI=1S/C15H17ClN4O/c1-11-10-12(16)2-3-13(11)18-15-17-5-4-14(19-15)20-6-8-21-9-7-20/h2-5,10H,6-9H2,1H3,(H,17,18,19). The SMILES string of the molecule is Cc1cc(Cl)ccc1Nc1nccc(N2CCOCC2)n1. The molecule has 2 heterocycles. The van der Waals surface area contributed by atoms with Crippen LogP contribution in [-0.4, -0.2) is 36.3 Å². The van der Waals surface area contributed by atoms with Crippen molar-refractivity contribution in [2.75, 3.05) is 36.5 Å². The van der Waals surface area contributed by atoms with E-state index in [0.717, 1.165) is 48.4 Å². The minimum Gasteiger partial charge on any atom is -0.378 e. The molecule has 1 saturated heterocycles. The molecule has 0 amide bonds. The Balaban J connectivity index is 1.79. The number of morpholine rings is 1. The van der Waals surface area contributed by atoms with Crippen LogP contribution >= 0.6 is 11.6 Å². The molecule has 2 aromatic rings. The number of nitrogens with zero attached hydrogens (tertiary/aromatic N) is 3. The summed E-state index contributed by atoms with van der Waals surface area (Å²) in [4.78, 5) is 11.0. The van der Waals surface area contributed by atoms with Gasteiger partial charge in [0.05, 0.1) is 13.2 Å². The van der Waals surface area contributed by atoms with E-state index in [1.165, 1.54) is 0 Å². The molecule has 1 aliphatic rings. The van der Waals surface area contributed by atoms with Crippen molar-refractivity contribution in [2.24, 2.45) is 0 Å². The number of benzene rings is 1. The molecule has 21 heavy (non-hydrogen) atoms. The summed E-state index contributed by atoms with van der Waals surface area (Å²) in [6.07, 6.45) is 1.77. The highest BCUT2D eigenvalue weighted by atomic mass is 35.5. The van der Waals surface area contributed by atoms with Gasteiger partial charge < -0.3 is 15.0 Å². The first-order chi connectivity index (χ1) is 10.2. The van der Waals surface area contributed by atoms with Crippen LogP contribution in [0.4, 0.5) is 17.5 Å². The van der Waals surface area contributed by atoms with Crippen LogP contribution in [0.5, 0.6) is 0 Å². The quantitative estimate of drug-likeness (QED) is 0.944. The number of aryl methyl sites for hydroxylation is 1. The average Bonchev–Trinajstić information content (AvgIpc) is 2.51. The molecule has 1 aliphatic heterocycles. The van der Waals surface area contributed by atoms with Crippen LogP contribution in [0, 0.1) is 6.92 Å². The summed E-state index contributed by atoms with van der Waals surface area (Å²) < 4.78 is 5.36. The van der Waals surface area contributed by atoms with Gasteiger partial charge in [-0.2, -0.15) is 4.98 Å². The van der Waals surface area contributed by atoms with Crippen molar-refractivity contribution in [3.8, 4) is 0 Å². The van der Waals surface area contributed by atoms with Crippen LogP contribution in [0.25, 0.3) is 0 Å². The maximum absolute atomic E-state index is 5.97. The van der Waals surface area contributed by atoms with E-state index < -0.39 is 0 Å². The Hall–Kier alpha value is -1.85. The minimum absolute atomic E-state index is 0.587. The van der Waals surface area contributed by atoms with Crippen molar-refractivity contribution in [3.05, 3.63) is 41.0 Å². The number of rotatable bonds is 3. The molecule has 0 aliphatic carbocycles. The van der Waals surface area contributed by atoms with Crippen LogP contribution in [0.2, 0.25) is 5.02 Å². The number of ether oxygens (including phenoxy) is 1. The highest BCUT2D eigenvalue weighted by Gasteiger charge is 2.13. The van der Waals surface area contributed by atoms with E-state index in [0.29, 0.717) is 5.95 Å². The van der Waals surface area contributed by atoms with Gasteiger partial charge in [-0.15, -0.1) is 0 Å². The number of aromatic nitrogens is 2. The fourth-order valence-corrected chi connectivity index (χ4v) is 2.49. The molecule has 3 rings (SSSR count). The zero-order valence-electron chi connectivity index (χ0n) is 11.8. The number of hydrogen-bond acceptors (Lipinski definition) is 5. The lowest BCUT2D eigenvalue weighted by molar-refractivity contribution is 0.122. The Morgan fingerprint density at radius 3 is 2.81 bits per heavy atom. The van der Waals surface area contributed by atoms with E-state index >= 15 is 0 Å². The number of halogens is 1. The zero-order valence-corrected chi connectivity index (χ0v) is 12.6. The van der Waals surface area contributed by atoms with Crippen LogP contribution < -0.4 is 10.2 Å². The topological polar surface area (TPSA) is 50.3 Å². The summed E-state index contributed by atoms with van der Waals surface area (Å²) >= 11 is 5.97. The summed E-state index contributed by atoms with van der Waals surface area (Å²) in [5.74, 6) is 1.51. The predicted octanol–water partition coefficient (Wildman–Crippen LogP) is 3.02. The largest absolute Gasteiger partial charge is 0.378 e. The molecule has 1 N–H and O–H groups in total. The lowest BCUT2D eigenvalue weighted by Gasteiger charge is -2.27. The number of hydrogen-bond donors (Lipinski definition) is 1. The van der Waals surface area contributed by atoms with Crippen LogP contribution in [-0.2, 0) is 4.74 Å². The Bertz CT molecular complexity index is 629. The number of anilines is 3. The van der Waals surface area contributed by atoms with Gasteiger partial charge in [-0.1, -0.05) is 11.6 Å². The van der Waals surface area contributed by atoms with Gasteiger partial charge in [0, 0.05) is 30.0 Å². The van der Waals surface area contributed by atoms with Gasteiger partial charge in [0.2, 0.25) is 5.95 Å². The van der Waals surface area contributed by atoms with Gasteiger partial charge in [0.1, 0.15) is 5.82 Å². The number of nitrogens with one attached hydrogen (secondary N) is 1. The molecule has 0 spiro atoms. The van der Waals surface area contributed by atoms with Crippen molar-refractivity contribution >= 4 is 29.1 Å². The third-order valence-electron chi connectivity index (χ3n) is 3.41. The van der Waals surface area contributed by atoms with Crippen molar-refractivity contribution in [1.29, 1.82) is 0 Å². The lowest BCUT2D eigenvalue weighted by Crippen LogP contribution is -2.36.